The summed E-state index contributed by atoms with van der Waals surface area (Å²) in [6.45, 7) is 2.04. The van der Waals surface area contributed by atoms with E-state index < -0.39 is 10.0 Å². The molecule has 1 spiro atoms. The Hall–Kier alpha value is -2.94. The van der Waals surface area contributed by atoms with Gasteiger partial charge in [0, 0.05) is 36.6 Å². The number of nitrogens with zero attached hydrogens (tertiary/aromatic N) is 6. The van der Waals surface area contributed by atoms with E-state index >= 15 is 0 Å². The molecule has 1 unspecified atom stereocenters. The summed E-state index contributed by atoms with van der Waals surface area (Å²) in [5.74, 6) is 3.88. The van der Waals surface area contributed by atoms with Crippen molar-refractivity contribution in [2.24, 2.45) is 7.05 Å². The molecule has 172 valence electrons. The number of pyridine rings is 1. The van der Waals surface area contributed by atoms with Gasteiger partial charge >= 0.3 is 0 Å². The van der Waals surface area contributed by atoms with Crippen LogP contribution in [0.2, 0.25) is 0 Å². The van der Waals surface area contributed by atoms with E-state index in [0.717, 1.165) is 58.9 Å². The Morgan fingerprint density at radius 2 is 2.00 bits per heavy atom. The third-order valence-electron chi connectivity index (χ3n) is 7.26. The predicted molar refractivity (Wildman–Crippen MR) is 132 cm³/mol. The van der Waals surface area contributed by atoms with Crippen molar-refractivity contribution in [3.05, 3.63) is 42.0 Å². The molecule has 1 atom stereocenters. The fourth-order valence-corrected chi connectivity index (χ4v) is 7.64. The third kappa shape index (κ3) is 3.32. The van der Waals surface area contributed by atoms with Gasteiger partial charge in [0.05, 0.1) is 29.2 Å². The van der Waals surface area contributed by atoms with Crippen LogP contribution in [0.5, 0.6) is 0 Å². The lowest BCUT2D eigenvalue weighted by Gasteiger charge is -2.28. The lowest BCUT2D eigenvalue weighted by Crippen LogP contribution is -2.41. The average Bonchev–Trinajstić information content (AvgIpc) is 3.25. The van der Waals surface area contributed by atoms with Crippen LogP contribution >= 0.6 is 10.0 Å². The molecule has 3 aromatic rings. The first-order valence-electron chi connectivity index (χ1n) is 11.4. The molecule has 2 fully saturated rings. The van der Waals surface area contributed by atoms with Crippen LogP contribution in [-0.4, -0.2) is 60.7 Å². The fourth-order valence-electron chi connectivity index (χ4n) is 5.21. The summed E-state index contributed by atoms with van der Waals surface area (Å²) in [4.78, 5) is 29.6. The molecule has 6 rings (SSSR count). The molecular formula is C24H29N7OS. The second kappa shape index (κ2) is 7.03. The second-order valence-corrected chi connectivity index (χ2v) is 14.5. The summed E-state index contributed by atoms with van der Waals surface area (Å²) in [5, 5.41) is 7.57. The van der Waals surface area contributed by atoms with E-state index in [4.69, 9.17) is 4.98 Å². The van der Waals surface area contributed by atoms with E-state index in [1.54, 1.807) is 4.68 Å². The minimum Gasteiger partial charge on any atom is -0.323 e. The molecule has 5 heterocycles. The fraction of sp³-hybridized carbons (Fsp3) is 0.458. The number of hydrogen-bond donors (Lipinski definition) is 1. The molecular weight excluding hydrogens is 434 g/mol. The summed E-state index contributed by atoms with van der Waals surface area (Å²) in [5.41, 5.74) is 4.40. The maximum absolute atomic E-state index is 13.5. The summed E-state index contributed by atoms with van der Waals surface area (Å²) in [7, 11) is 1.26. The highest BCUT2D eigenvalue weighted by molar-refractivity contribution is 8.32. The van der Waals surface area contributed by atoms with E-state index in [0.29, 0.717) is 5.95 Å². The van der Waals surface area contributed by atoms with E-state index in [2.05, 4.69) is 32.9 Å². The van der Waals surface area contributed by atoms with Crippen molar-refractivity contribution in [3.8, 4) is 11.3 Å². The Morgan fingerprint density at radius 3 is 2.64 bits per heavy atom. The first-order chi connectivity index (χ1) is 15.8. The largest absolute Gasteiger partial charge is 0.323 e. The summed E-state index contributed by atoms with van der Waals surface area (Å²) >= 11 is 0. The van der Waals surface area contributed by atoms with Crippen molar-refractivity contribution in [1.29, 1.82) is 0 Å². The number of nitrogens with one attached hydrogen (secondary N) is 1. The number of fused-ring (bicyclic) bond motifs is 2. The molecule has 3 aromatic heterocycles. The lowest BCUT2D eigenvalue weighted by molar-refractivity contribution is -0.120. The minimum atomic E-state index is -0.633. The Morgan fingerprint density at radius 1 is 1.18 bits per heavy atom. The third-order valence-corrected chi connectivity index (χ3v) is 9.89. The zero-order valence-electron chi connectivity index (χ0n) is 19.5. The first-order valence-corrected chi connectivity index (χ1v) is 14.2. The molecule has 1 saturated heterocycles. The Labute approximate surface area is 195 Å². The van der Waals surface area contributed by atoms with Gasteiger partial charge < -0.3 is 5.32 Å². The molecule has 1 saturated carbocycles. The van der Waals surface area contributed by atoms with Crippen molar-refractivity contribution < 1.29 is 4.79 Å². The van der Waals surface area contributed by atoms with Crippen molar-refractivity contribution in [2.45, 2.75) is 37.6 Å². The predicted octanol–water partition coefficient (Wildman–Crippen LogP) is 3.54. The van der Waals surface area contributed by atoms with Gasteiger partial charge in [-0.2, -0.15) is 10.1 Å². The minimum absolute atomic E-state index is 0.240. The Balaban J connectivity index is 1.31. The zero-order valence-corrected chi connectivity index (χ0v) is 20.3. The normalized spacial score (nSPS) is 23.1. The highest BCUT2D eigenvalue weighted by Crippen LogP contribution is 2.59. The van der Waals surface area contributed by atoms with Crippen molar-refractivity contribution in [1.82, 2.24) is 24.7 Å². The highest BCUT2D eigenvalue weighted by Gasteiger charge is 2.61. The molecule has 1 amide bonds. The van der Waals surface area contributed by atoms with Gasteiger partial charge in [-0.15, -0.1) is 0 Å². The van der Waals surface area contributed by atoms with Gasteiger partial charge in [-0.25, -0.2) is 15.0 Å². The van der Waals surface area contributed by atoms with Crippen LogP contribution in [-0.2, 0) is 17.3 Å². The Bertz CT molecular complexity index is 1280. The molecule has 0 bridgehead atoms. The van der Waals surface area contributed by atoms with E-state index in [1.165, 1.54) is 5.75 Å². The molecule has 2 aliphatic heterocycles. The van der Waals surface area contributed by atoms with Crippen LogP contribution in [0.1, 0.15) is 30.4 Å². The molecule has 1 N–H and O–H groups in total. The maximum Gasteiger partial charge on any atom is 0.239 e. The van der Waals surface area contributed by atoms with Gasteiger partial charge in [-0.3, -0.25) is 19.4 Å². The monoisotopic (exact) mass is 463 g/mol. The van der Waals surface area contributed by atoms with Gasteiger partial charge in [-0.05, 0) is 61.8 Å². The van der Waals surface area contributed by atoms with Gasteiger partial charge in [0.2, 0.25) is 11.9 Å². The van der Waals surface area contributed by atoms with Crippen molar-refractivity contribution in [2.75, 3.05) is 34.2 Å². The zero-order chi connectivity index (χ0) is 23.0. The highest BCUT2D eigenvalue weighted by atomic mass is 32.3. The molecule has 1 aliphatic carbocycles. The van der Waals surface area contributed by atoms with Gasteiger partial charge in [-0.1, -0.05) is 0 Å². The van der Waals surface area contributed by atoms with Crippen LogP contribution in [0.15, 0.2) is 30.9 Å². The number of carbonyl (C=O) groups is 1. The van der Waals surface area contributed by atoms with Gasteiger partial charge in [0.1, 0.15) is 5.82 Å². The SMILES string of the molecule is Cc1cc(-c2cnn(C)c2)ncc1Nc1ncc2c(n1)N(C1CCS(C)(C)C1)C(=O)C21CC1. The van der Waals surface area contributed by atoms with E-state index in [-0.39, 0.29) is 17.4 Å². The smallest absolute Gasteiger partial charge is 0.239 e. The lowest BCUT2D eigenvalue weighted by atomic mass is 10.0. The first kappa shape index (κ1) is 20.7. The molecule has 3 aliphatic rings. The topological polar surface area (TPSA) is 88.8 Å². The van der Waals surface area contributed by atoms with Crippen molar-refractivity contribution >= 4 is 33.4 Å². The summed E-state index contributed by atoms with van der Waals surface area (Å²) < 4.78 is 1.77. The Kier molecular flexibility index (Phi) is 4.40. The summed E-state index contributed by atoms with van der Waals surface area (Å²) in [6.07, 6.45) is 15.1. The molecule has 0 radical (unpaired) electrons. The van der Waals surface area contributed by atoms with Crippen LogP contribution in [0.3, 0.4) is 0 Å². The molecule has 8 nitrogen and oxygen atoms in total. The van der Waals surface area contributed by atoms with Crippen LogP contribution in [0, 0.1) is 6.92 Å². The number of hydrogen-bond acceptors (Lipinski definition) is 6. The van der Waals surface area contributed by atoms with Crippen LogP contribution < -0.4 is 10.2 Å². The summed E-state index contributed by atoms with van der Waals surface area (Å²) in [6, 6.07) is 2.29. The molecule has 33 heavy (non-hydrogen) atoms. The van der Waals surface area contributed by atoms with Gasteiger partial charge in [0.15, 0.2) is 0 Å². The number of carbonyl (C=O) groups excluding carboxylic acids is 1. The van der Waals surface area contributed by atoms with E-state index in [9.17, 15) is 4.79 Å². The molecule has 9 heteroatoms. The maximum atomic E-state index is 13.5. The number of aryl methyl sites for hydroxylation is 2. The van der Waals surface area contributed by atoms with Crippen molar-refractivity contribution in [3.63, 3.8) is 0 Å². The second-order valence-electron chi connectivity index (χ2n) is 10.2. The molecule has 0 aromatic carbocycles. The number of rotatable bonds is 4. The number of aromatic nitrogens is 5. The average molecular weight is 464 g/mol. The quantitative estimate of drug-likeness (QED) is 0.637. The van der Waals surface area contributed by atoms with E-state index in [1.807, 2.05) is 49.7 Å². The van der Waals surface area contributed by atoms with Crippen LogP contribution in [0.25, 0.3) is 11.3 Å². The number of anilines is 3. The van der Waals surface area contributed by atoms with Crippen LogP contribution in [0.4, 0.5) is 17.5 Å². The van der Waals surface area contributed by atoms with Gasteiger partial charge in [0.25, 0.3) is 0 Å². The standard InChI is InChI=1S/C24H29N7OS/c1-15-9-19(16-10-27-30(2)13-16)25-12-20(15)28-23-26-11-18-21(29-23)31(22(32)24(18)6-7-24)17-5-8-33(3,4)14-17/h9-13,17H,5-8,14H2,1-4H3,(H,26,28,29). The number of amides is 1.